The summed E-state index contributed by atoms with van der Waals surface area (Å²) in [6, 6.07) is -0.0664. The molecule has 6 heterocycles. The molecule has 6 rings (SSSR count). The Hall–Kier alpha value is -4.38. The van der Waals surface area contributed by atoms with Crippen LogP contribution in [-0.2, 0) is 9.47 Å². The van der Waals surface area contributed by atoms with E-state index in [9.17, 15) is 35.1 Å². The number of nitrogens with one attached hydrogen (secondary N) is 2. The molecule has 0 aliphatic carbocycles. The number of fused-ring (bicyclic) bond motifs is 2. The fraction of sp³-hybridized carbons (Fsp3) is 0.481. The molecule has 0 radical (unpaired) electrons. The molecule has 2 saturated heterocycles. The van der Waals surface area contributed by atoms with E-state index in [4.69, 9.17) is 41.0 Å². The van der Waals surface area contributed by atoms with Crippen molar-refractivity contribution >= 4 is 50.2 Å². The minimum Gasteiger partial charge on any atom is -0.460 e. The van der Waals surface area contributed by atoms with Crippen LogP contribution in [0.15, 0.2) is 39.6 Å². The van der Waals surface area contributed by atoms with Crippen LogP contribution < -0.4 is 27.3 Å². The Balaban J connectivity index is 0.000000310. The average Bonchev–Trinajstić information content (AvgIpc) is 3.81. The summed E-state index contributed by atoms with van der Waals surface area (Å²) >= 11 is 3.15. The standard InChI is InChI=1S/C13H17N5O6.C10H12BrN5O5.C3H6O.CH4O.H2O/c1-2-3-23-13-15-6-9(16-12(14)17-10(6)22)18(13)11-8(21)7(20)5(4-19)24-11;11-9-13-3-6(14-10(12)15-7(3)20)16(9)8-5(19)4(18)2(1-17)21-8;1-2-3-4;1-2;/h2,5,7-8,11,19-21H,1,3-4H2,(H3,14,16,17,22);2,4-5,8,17-19H,1H2,(H3,12,14,15,20);2,4H,1,3H2;2H,1H3;1H2/t5-,7+,8-,11-;2-,4+,5-,8-;;;/m11.../s1. The van der Waals surface area contributed by atoms with Crippen molar-refractivity contribution in [3.8, 4) is 6.01 Å². The van der Waals surface area contributed by atoms with Crippen LogP contribution in [0.3, 0.4) is 0 Å². The van der Waals surface area contributed by atoms with Crippen LogP contribution >= 0.6 is 15.9 Å². The number of aliphatic hydroxyl groups excluding tert-OH is 8. The molecule has 4 aromatic heterocycles. The maximum absolute atomic E-state index is 12.0. The lowest BCUT2D eigenvalue weighted by atomic mass is 10.1. The van der Waals surface area contributed by atoms with Crippen molar-refractivity contribution in [1.29, 1.82) is 0 Å². The third-order valence-electron chi connectivity index (χ3n) is 7.07. The lowest BCUT2D eigenvalue weighted by Crippen LogP contribution is -2.33. The molecule has 0 bridgehead atoms. The Bertz CT molecular complexity index is 1900. The largest absolute Gasteiger partial charge is 0.460 e. The Labute approximate surface area is 300 Å². The maximum Gasteiger partial charge on any atom is 0.301 e. The van der Waals surface area contributed by atoms with Gasteiger partial charge in [-0.2, -0.15) is 15.0 Å². The molecule has 0 amide bonds. The number of aromatic amines is 2. The van der Waals surface area contributed by atoms with Gasteiger partial charge in [0, 0.05) is 7.11 Å². The molecule has 25 heteroatoms. The third kappa shape index (κ3) is 8.97. The number of halogens is 1. The zero-order valence-corrected chi connectivity index (χ0v) is 28.9. The van der Waals surface area contributed by atoms with Crippen molar-refractivity contribution in [3.05, 3.63) is 50.8 Å². The molecule has 0 unspecified atom stereocenters. The van der Waals surface area contributed by atoms with Gasteiger partial charge in [-0.1, -0.05) is 18.7 Å². The average molecular weight is 810 g/mol. The van der Waals surface area contributed by atoms with Gasteiger partial charge in [0.15, 0.2) is 39.5 Å². The monoisotopic (exact) mass is 808 g/mol. The molecule has 8 atom stereocenters. The molecule has 0 saturated carbocycles. The van der Waals surface area contributed by atoms with E-state index in [1.807, 2.05) is 0 Å². The number of imidazole rings is 2. The number of H-pyrrole nitrogens is 2. The molecule has 0 spiro atoms. The summed E-state index contributed by atoms with van der Waals surface area (Å²) in [7, 11) is 1.00. The second-order valence-corrected chi connectivity index (χ2v) is 11.0. The van der Waals surface area contributed by atoms with Crippen molar-refractivity contribution in [3.63, 3.8) is 0 Å². The number of nitrogen functional groups attached to an aromatic ring is 2. The topological polar surface area (TPSA) is 400 Å². The van der Waals surface area contributed by atoms with E-state index in [2.05, 4.69) is 59.0 Å². The first kappa shape index (κ1) is 43.8. The van der Waals surface area contributed by atoms with Gasteiger partial charge in [0.05, 0.1) is 19.8 Å². The highest BCUT2D eigenvalue weighted by Crippen LogP contribution is 2.35. The molecule has 2 aliphatic heterocycles. The van der Waals surface area contributed by atoms with Gasteiger partial charge < -0.3 is 72.0 Å². The Morgan fingerprint density at radius 1 is 0.788 bits per heavy atom. The van der Waals surface area contributed by atoms with Gasteiger partial charge in [-0.05, 0) is 15.9 Å². The van der Waals surface area contributed by atoms with E-state index in [-0.39, 0.29) is 63.7 Å². The van der Waals surface area contributed by atoms with Crippen molar-refractivity contribution in [1.82, 2.24) is 39.0 Å². The number of hydrogen-bond acceptors (Lipinski definition) is 19. The van der Waals surface area contributed by atoms with Gasteiger partial charge in [0.2, 0.25) is 11.9 Å². The van der Waals surface area contributed by atoms with Gasteiger partial charge in [-0.15, -0.1) is 6.58 Å². The number of rotatable bonds is 8. The number of aromatic nitrogens is 8. The van der Waals surface area contributed by atoms with E-state index in [0.29, 0.717) is 0 Å². The summed E-state index contributed by atoms with van der Waals surface area (Å²) in [5.74, 6) is -0.274. The van der Waals surface area contributed by atoms with Gasteiger partial charge in [-0.3, -0.25) is 24.1 Å². The zero-order valence-electron chi connectivity index (χ0n) is 27.4. The van der Waals surface area contributed by atoms with Crippen LogP contribution in [0.25, 0.3) is 22.3 Å². The summed E-state index contributed by atoms with van der Waals surface area (Å²) < 4.78 is 18.9. The second kappa shape index (κ2) is 19.5. The van der Waals surface area contributed by atoms with Crippen LogP contribution in [0, 0.1) is 0 Å². The summed E-state index contributed by atoms with van der Waals surface area (Å²) in [6.07, 6.45) is -6.62. The van der Waals surface area contributed by atoms with E-state index >= 15 is 0 Å². The summed E-state index contributed by atoms with van der Waals surface area (Å²) in [4.78, 5) is 44.4. The first-order valence-electron chi connectivity index (χ1n) is 14.7. The van der Waals surface area contributed by atoms with Crippen LogP contribution in [0.1, 0.15) is 12.5 Å². The normalized spacial score (nSPS) is 24.8. The minimum absolute atomic E-state index is 0. The van der Waals surface area contributed by atoms with Crippen molar-refractivity contribution in [2.45, 2.75) is 49.1 Å². The summed E-state index contributed by atoms with van der Waals surface area (Å²) in [6.45, 7) is 5.95. The maximum atomic E-state index is 12.0. The zero-order chi connectivity index (χ0) is 38.2. The highest BCUT2D eigenvalue weighted by Gasteiger charge is 2.46. The van der Waals surface area contributed by atoms with Gasteiger partial charge in [0.1, 0.15) is 43.2 Å². The SMILES string of the molecule is C=CCO.C=CCOc1nc2c(=O)[nH]c(N)nc2n1[C@@H]1O[C@H](CO)[C@H](O)[C@H]1O.CO.Nc1nc2c(nc(Br)n2[C@@H]2O[C@H](CO)[C@H](O)[C@H]2O)c(=O)[nH]1.O. The molecule has 24 nitrogen and oxygen atoms in total. The van der Waals surface area contributed by atoms with Crippen molar-refractivity contribution in [2.75, 3.05) is 45.0 Å². The van der Waals surface area contributed by atoms with E-state index < -0.39 is 73.4 Å². The van der Waals surface area contributed by atoms with Crippen LogP contribution in [0.4, 0.5) is 11.9 Å². The number of nitrogens with zero attached hydrogens (tertiary/aromatic N) is 6. The molecule has 16 N–H and O–H groups in total. The van der Waals surface area contributed by atoms with Crippen LogP contribution in [0.2, 0.25) is 0 Å². The van der Waals surface area contributed by atoms with E-state index in [0.717, 1.165) is 7.11 Å². The lowest BCUT2D eigenvalue weighted by Gasteiger charge is -2.18. The van der Waals surface area contributed by atoms with Crippen molar-refractivity contribution < 1.29 is 60.5 Å². The predicted octanol–water partition coefficient (Wildman–Crippen LogP) is -5.10. The molecule has 2 fully saturated rings. The third-order valence-corrected chi connectivity index (χ3v) is 7.62. The molecule has 4 aromatic rings. The molecule has 290 valence electrons. The highest BCUT2D eigenvalue weighted by atomic mass is 79.9. The molecule has 0 aromatic carbocycles. The highest BCUT2D eigenvalue weighted by molar-refractivity contribution is 9.10. The summed E-state index contributed by atoms with van der Waals surface area (Å²) in [5, 5.41) is 73.1. The minimum atomic E-state index is -1.40. The molecular formula is C27H41BrN10O14. The van der Waals surface area contributed by atoms with Crippen LogP contribution in [0.5, 0.6) is 6.01 Å². The molecule has 52 heavy (non-hydrogen) atoms. The fourth-order valence-electron chi connectivity index (χ4n) is 4.83. The molecular weight excluding hydrogens is 768 g/mol. The second-order valence-electron chi connectivity index (χ2n) is 10.3. The number of aliphatic hydroxyl groups is 8. The summed E-state index contributed by atoms with van der Waals surface area (Å²) in [5.41, 5.74) is 9.98. The Kier molecular flexibility index (Phi) is 16.4. The quantitative estimate of drug-likeness (QED) is 0.0585. The number of ether oxygens (including phenoxy) is 3. The predicted molar refractivity (Wildman–Crippen MR) is 184 cm³/mol. The lowest BCUT2D eigenvalue weighted by molar-refractivity contribution is -0.0540. The smallest absolute Gasteiger partial charge is 0.301 e. The van der Waals surface area contributed by atoms with Crippen molar-refractivity contribution in [2.24, 2.45) is 0 Å². The van der Waals surface area contributed by atoms with Crippen LogP contribution in [-0.4, -0.2) is 156 Å². The first-order valence-corrected chi connectivity index (χ1v) is 15.5. The first-order chi connectivity index (χ1) is 24.3. The fourth-order valence-corrected chi connectivity index (χ4v) is 5.38. The molecule has 2 aliphatic rings. The van der Waals surface area contributed by atoms with Gasteiger partial charge in [0.25, 0.3) is 11.1 Å². The van der Waals surface area contributed by atoms with Gasteiger partial charge >= 0.3 is 6.01 Å². The Morgan fingerprint density at radius 3 is 1.62 bits per heavy atom. The van der Waals surface area contributed by atoms with Gasteiger partial charge in [-0.25, -0.2) is 9.55 Å². The number of hydrogen-bond donors (Lipinski definition) is 12. The number of anilines is 2. The number of nitrogens with two attached hydrogens (primary N) is 2. The van der Waals surface area contributed by atoms with E-state index in [1.165, 1.54) is 21.3 Å². The Morgan fingerprint density at radius 2 is 1.21 bits per heavy atom. The van der Waals surface area contributed by atoms with E-state index in [1.54, 1.807) is 0 Å².